The molecule has 2 aromatic rings. The van der Waals surface area contributed by atoms with Crippen molar-refractivity contribution in [2.75, 3.05) is 46.5 Å². The number of hydrogen-bond acceptors (Lipinski definition) is 8. The van der Waals surface area contributed by atoms with Crippen LogP contribution in [-0.4, -0.2) is 89.0 Å². The number of hydrogen-bond donors (Lipinski definition) is 2. The highest BCUT2D eigenvalue weighted by atomic mass is 16.5. The summed E-state index contributed by atoms with van der Waals surface area (Å²) < 4.78 is 10.2. The second-order valence-electron chi connectivity index (χ2n) is 8.34. The highest BCUT2D eigenvalue weighted by Gasteiger charge is 2.46. The van der Waals surface area contributed by atoms with E-state index < -0.39 is 23.7 Å². The van der Waals surface area contributed by atoms with Crippen LogP contribution in [0.1, 0.15) is 38.9 Å². The Labute approximate surface area is 197 Å². The molecule has 10 nitrogen and oxygen atoms in total. The number of nitrogens with zero attached hydrogens (tertiary/aromatic N) is 3. The number of pyridine rings is 1. The van der Waals surface area contributed by atoms with Gasteiger partial charge in [-0.25, -0.2) is 4.79 Å². The zero-order chi connectivity index (χ0) is 24.4. The molecule has 0 bridgehead atoms. The maximum atomic E-state index is 13.2. The summed E-state index contributed by atoms with van der Waals surface area (Å²) >= 11 is 0. The Morgan fingerprint density at radius 1 is 1.21 bits per heavy atom. The van der Waals surface area contributed by atoms with Crippen molar-refractivity contribution in [1.82, 2.24) is 19.8 Å². The fourth-order valence-corrected chi connectivity index (χ4v) is 4.62. The van der Waals surface area contributed by atoms with Gasteiger partial charge in [-0.15, -0.1) is 0 Å². The van der Waals surface area contributed by atoms with Gasteiger partial charge in [0.15, 0.2) is 0 Å². The largest absolute Gasteiger partial charge is 0.507 e. The minimum Gasteiger partial charge on any atom is -0.507 e. The van der Waals surface area contributed by atoms with Crippen LogP contribution in [-0.2, 0) is 19.1 Å². The van der Waals surface area contributed by atoms with Crippen LogP contribution in [0.25, 0.3) is 5.76 Å². The van der Waals surface area contributed by atoms with Gasteiger partial charge in [-0.05, 0) is 37.1 Å². The number of carbonyl (C=O) groups excluding carboxylic acids is 3. The Morgan fingerprint density at radius 3 is 2.53 bits per heavy atom. The number of aliphatic hydroxyl groups is 1. The summed E-state index contributed by atoms with van der Waals surface area (Å²) in [7, 11) is 1.26. The van der Waals surface area contributed by atoms with E-state index in [0.29, 0.717) is 48.7 Å². The lowest BCUT2D eigenvalue weighted by atomic mass is 9.94. The molecule has 4 rings (SSSR count). The molecule has 0 radical (unpaired) electrons. The summed E-state index contributed by atoms with van der Waals surface area (Å²) in [5.41, 5.74) is 2.07. The number of ketones is 1. The number of ether oxygens (including phenoxy) is 2. The van der Waals surface area contributed by atoms with Crippen molar-refractivity contribution in [3.63, 3.8) is 0 Å². The SMILES string of the molecule is COC(=O)c1[nH]c(C)c(/C(O)=C2/C(=O)C(=O)N(CCN3CCOCC3)C2c2ccncc2)c1C. The number of carbonyl (C=O) groups is 3. The van der Waals surface area contributed by atoms with Gasteiger partial charge in [-0.1, -0.05) is 0 Å². The number of H-pyrrole nitrogens is 1. The first kappa shape index (κ1) is 23.7. The first-order chi connectivity index (χ1) is 16.3. The number of rotatable bonds is 6. The lowest BCUT2D eigenvalue weighted by molar-refractivity contribution is -0.140. The number of methoxy groups -OCH3 is 1. The first-order valence-electron chi connectivity index (χ1n) is 11.1. The molecule has 0 spiro atoms. The Morgan fingerprint density at radius 2 is 1.88 bits per heavy atom. The normalized spacial score (nSPS) is 20.7. The van der Waals surface area contributed by atoms with Crippen molar-refractivity contribution >= 4 is 23.4 Å². The first-order valence-corrected chi connectivity index (χ1v) is 11.1. The molecular weight excluding hydrogens is 440 g/mol. The molecule has 2 fully saturated rings. The van der Waals surface area contributed by atoms with E-state index in [-0.39, 0.29) is 17.0 Å². The van der Waals surface area contributed by atoms with Crippen LogP contribution in [0, 0.1) is 13.8 Å². The maximum absolute atomic E-state index is 13.2. The van der Waals surface area contributed by atoms with Crippen molar-refractivity contribution in [2.45, 2.75) is 19.9 Å². The number of likely N-dealkylation sites (tertiary alicyclic amines) is 1. The van der Waals surface area contributed by atoms with Crippen LogP contribution < -0.4 is 0 Å². The average Bonchev–Trinajstić information content (AvgIpc) is 3.30. The van der Waals surface area contributed by atoms with Crippen molar-refractivity contribution in [1.29, 1.82) is 0 Å². The zero-order valence-corrected chi connectivity index (χ0v) is 19.5. The maximum Gasteiger partial charge on any atom is 0.354 e. The molecule has 1 amide bonds. The number of amides is 1. The third kappa shape index (κ3) is 4.22. The minimum absolute atomic E-state index is 0.0141. The fraction of sp³-hybridized carbons (Fsp3) is 0.417. The fourth-order valence-electron chi connectivity index (χ4n) is 4.62. The van der Waals surface area contributed by atoms with Crippen LogP contribution in [0.5, 0.6) is 0 Å². The molecule has 2 aliphatic rings. The summed E-state index contributed by atoms with van der Waals surface area (Å²) in [5, 5.41) is 11.4. The lowest BCUT2D eigenvalue weighted by Crippen LogP contribution is -2.42. The van der Waals surface area contributed by atoms with Gasteiger partial charge in [0.2, 0.25) is 0 Å². The van der Waals surface area contributed by atoms with Crippen LogP contribution in [0.4, 0.5) is 0 Å². The number of nitrogens with one attached hydrogen (secondary N) is 1. The van der Waals surface area contributed by atoms with E-state index in [1.54, 1.807) is 38.4 Å². The monoisotopic (exact) mass is 468 g/mol. The molecule has 10 heteroatoms. The number of aryl methyl sites for hydroxylation is 1. The molecule has 0 aromatic carbocycles. The zero-order valence-electron chi connectivity index (χ0n) is 19.5. The van der Waals surface area contributed by atoms with Crippen molar-refractivity contribution < 1.29 is 29.0 Å². The number of aliphatic hydroxyl groups excluding tert-OH is 1. The van der Waals surface area contributed by atoms with Gasteiger partial charge in [0.05, 0.1) is 31.9 Å². The van der Waals surface area contributed by atoms with Gasteiger partial charge >= 0.3 is 5.97 Å². The molecular formula is C24H28N4O6. The van der Waals surface area contributed by atoms with E-state index in [9.17, 15) is 19.5 Å². The second-order valence-corrected chi connectivity index (χ2v) is 8.34. The number of aromatic nitrogens is 2. The quantitative estimate of drug-likeness (QED) is 0.283. The van der Waals surface area contributed by atoms with Crippen molar-refractivity contribution in [3.05, 3.63) is 58.2 Å². The molecule has 2 N–H and O–H groups in total. The standard InChI is InChI=1S/C24H28N4O6/c1-14-17(15(2)26-19(14)24(32)33-3)21(29)18-20(16-4-6-25-7-5-16)28(23(31)22(18)30)9-8-27-10-12-34-13-11-27/h4-7,20,26,29H,8-13H2,1-3H3/b21-18-. The molecule has 34 heavy (non-hydrogen) atoms. The van der Waals surface area contributed by atoms with Crippen LogP contribution >= 0.6 is 0 Å². The summed E-state index contributed by atoms with van der Waals surface area (Å²) in [6.45, 7) is 6.98. The lowest BCUT2D eigenvalue weighted by Gasteiger charge is -2.31. The van der Waals surface area contributed by atoms with Gasteiger partial charge in [0.25, 0.3) is 11.7 Å². The van der Waals surface area contributed by atoms with E-state index in [4.69, 9.17) is 9.47 Å². The van der Waals surface area contributed by atoms with Crippen molar-refractivity contribution in [2.24, 2.45) is 0 Å². The summed E-state index contributed by atoms with van der Waals surface area (Å²) in [5.74, 6) is -2.34. The number of Topliss-reactive ketones (excluding diaryl/α,β-unsaturated/α-hetero) is 1. The number of esters is 1. The summed E-state index contributed by atoms with van der Waals surface area (Å²) in [6.07, 6.45) is 3.17. The van der Waals surface area contributed by atoms with E-state index >= 15 is 0 Å². The van der Waals surface area contributed by atoms with Crippen LogP contribution in [0.3, 0.4) is 0 Å². The molecule has 2 aliphatic heterocycles. The molecule has 1 atom stereocenters. The van der Waals surface area contributed by atoms with Gasteiger partial charge < -0.3 is 24.5 Å². The molecule has 2 saturated heterocycles. The Balaban J connectivity index is 1.78. The average molecular weight is 469 g/mol. The third-order valence-electron chi connectivity index (χ3n) is 6.39. The topological polar surface area (TPSA) is 125 Å². The molecule has 180 valence electrons. The number of aromatic amines is 1. The van der Waals surface area contributed by atoms with E-state index in [1.807, 2.05) is 0 Å². The van der Waals surface area contributed by atoms with E-state index in [2.05, 4.69) is 14.9 Å². The molecule has 0 aliphatic carbocycles. The highest BCUT2D eigenvalue weighted by Crippen LogP contribution is 2.40. The van der Waals surface area contributed by atoms with E-state index in [0.717, 1.165) is 13.1 Å². The molecule has 4 heterocycles. The highest BCUT2D eigenvalue weighted by molar-refractivity contribution is 6.46. The van der Waals surface area contributed by atoms with Gasteiger partial charge in [0.1, 0.15) is 11.5 Å². The second kappa shape index (κ2) is 9.78. The van der Waals surface area contributed by atoms with Gasteiger partial charge in [-0.3, -0.25) is 19.5 Å². The van der Waals surface area contributed by atoms with Crippen molar-refractivity contribution in [3.8, 4) is 0 Å². The van der Waals surface area contributed by atoms with Gasteiger partial charge in [-0.2, -0.15) is 0 Å². The van der Waals surface area contributed by atoms with Crippen LogP contribution in [0.15, 0.2) is 30.1 Å². The van der Waals surface area contributed by atoms with Gasteiger partial charge in [0, 0.05) is 49.8 Å². The molecule has 2 aromatic heterocycles. The smallest absolute Gasteiger partial charge is 0.354 e. The van der Waals surface area contributed by atoms with Crippen LogP contribution in [0.2, 0.25) is 0 Å². The predicted octanol–water partition coefficient (Wildman–Crippen LogP) is 1.57. The number of morpholine rings is 1. The molecule has 1 unspecified atom stereocenters. The Kier molecular flexibility index (Phi) is 6.80. The minimum atomic E-state index is -0.778. The third-order valence-corrected chi connectivity index (χ3v) is 6.39. The summed E-state index contributed by atoms with van der Waals surface area (Å²) in [4.78, 5) is 49.1. The summed E-state index contributed by atoms with van der Waals surface area (Å²) in [6, 6.07) is 2.67. The predicted molar refractivity (Wildman–Crippen MR) is 122 cm³/mol. The molecule has 0 saturated carbocycles. The van der Waals surface area contributed by atoms with E-state index in [1.165, 1.54) is 12.0 Å². The Bertz CT molecular complexity index is 1130. The Hall–Kier alpha value is -3.50.